The zero-order chi connectivity index (χ0) is 9.14. The molecule has 0 N–H and O–H groups in total. The van der Waals surface area contributed by atoms with E-state index in [1.807, 2.05) is 0 Å². The Bertz CT molecular complexity index is 315. The summed E-state index contributed by atoms with van der Waals surface area (Å²) in [5, 5.41) is 0. The van der Waals surface area contributed by atoms with Crippen LogP contribution in [0, 0.1) is 26.2 Å². The first kappa shape index (κ1) is 8.87. The van der Waals surface area contributed by atoms with Gasteiger partial charge in [-0.15, -0.1) is 6.42 Å². The smallest absolute Gasteiger partial charge is 0.0424 e. The van der Waals surface area contributed by atoms with Gasteiger partial charge in [-0.25, -0.2) is 0 Å². The third kappa shape index (κ3) is 1.51. The second-order valence-electron chi connectivity index (χ2n) is 3.18. The molecule has 0 aliphatic heterocycles. The first-order chi connectivity index (χ1) is 5.66. The van der Waals surface area contributed by atoms with Crippen LogP contribution in [-0.4, -0.2) is 0 Å². The van der Waals surface area contributed by atoms with Crippen molar-refractivity contribution in [3.63, 3.8) is 0 Å². The first-order valence-electron chi connectivity index (χ1n) is 4.19. The summed E-state index contributed by atoms with van der Waals surface area (Å²) >= 11 is 0. The van der Waals surface area contributed by atoms with E-state index >= 15 is 0 Å². The average molecular weight is 158 g/mol. The molecule has 0 heteroatoms. The highest BCUT2D eigenvalue weighted by Crippen LogP contribution is 2.20. The average Bonchev–Trinajstić information content (AvgIpc) is 2.08. The van der Waals surface area contributed by atoms with Gasteiger partial charge in [0.05, 0.1) is 0 Å². The molecule has 0 aliphatic carbocycles. The van der Waals surface area contributed by atoms with Gasteiger partial charge in [-0.3, -0.25) is 0 Å². The van der Waals surface area contributed by atoms with Crippen LogP contribution in [0.2, 0.25) is 0 Å². The number of hydrogen-bond acceptors (Lipinski definition) is 0. The molecule has 1 atom stereocenters. The van der Waals surface area contributed by atoms with E-state index in [1.165, 1.54) is 16.7 Å². The molecule has 0 spiro atoms. The van der Waals surface area contributed by atoms with E-state index in [0.29, 0.717) is 0 Å². The molecule has 12 heavy (non-hydrogen) atoms. The fourth-order valence-corrected chi connectivity index (χ4v) is 1.33. The second-order valence-corrected chi connectivity index (χ2v) is 3.18. The van der Waals surface area contributed by atoms with Crippen LogP contribution in [0.4, 0.5) is 0 Å². The molecular formula is C12H14. The Morgan fingerprint density at radius 1 is 1.33 bits per heavy atom. The molecule has 0 radical (unpaired) electrons. The Hall–Kier alpha value is -1.22. The monoisotopic (exact) mass is 158 g/mol. The number of aryl methyl sites for hydroxylation is 1. The molecular weight excluding hydrogens is 144 g/mol. The van der Waals surface area contributed by atoms with Crippen LogP contribution in [0.25, 0.3) is 0 Å². The van der Waals surface area contributed by atoms with Crippen LogP contribution in [0.1, 0.15) is 29.5 Å². The fourth-order valence-electron chi connectivity index (χ4n) is 1.33. The van der Waals surface area contributed by atoms with Crippen LogP contribution in [0.15, 0.2) is 18.2 Å². The summed E-state index contributed by atoms with van der Waals surface area (Å²) in [6.07, 6.45) is 5.37. The summed E-state index contributed by atoms with van der Waals surface area (Å²) < 4.78 is 0. The molecule has 1 rings (SSSR count). The van der Waals surface area contributed by atoms with E-state index in [2.05, 4.69) is 44.9 Å². The van der Waals surface area contributed by atoms with E-state index in [-0.39, 0.29) is 5.92 Å². The minimum Gasteiger partial charge on any atom is -0.119 e. The Balaban J connectivity index is 3.18. The van der Waals surface area contributed by atoms with Crippen molar-refractivity contribution in [1.82, 2.24) is 0 Å². The predicted octanol–water partition coefficient (Wildman–Crippen LogP) is 3.04. The lowest BCUT2D eigenvalue weighted by Crippen LogP contribution is -1.95. The first-order valence-corrected chi connectivity index (χ1v) is 4.19. The van der Waals surface area contributed by atoms with Gasteiger partial charge in [0, 0.05) is 5.92 Å². The van der Waals surface area contributed by atoms with Gasteiger partial charge in [0.25, 0.3) is 0 Å². The maximum atomic E-state index is 5.37. The molecule has 1 aromatic rings. The SMILES string of the molecule is C#C[C@@H](C)c1cccc(C)c1C. The van der Waals surface area contributed by atoms with Crippen LogP contribution in [-0.2, 0) is 0 Å². The predicted molar refractivity (Wildman–Crippen MR) is 53.2 cm³/mol. The zero-order valence-corrected chi connectivity index (χ0v) is 7.89. The third-order valence-corrected chi connectivity index (χ3v) is 2.36. The molecule has 0 saturated heterocycles. The van der Waals surface area contributed by atoms with Crippen LogP contribution < -0.4 is 0 Å². The lowest BCUT2D eigenvalue weighted by molar-refractivity contribution is 0.982. The molecule has 0 aromatic heterocycles. The van der Waals surface area contributed by atoms with E-state index in [4.69, 9.17) is 6.42 Å². The normalized spacial score (nSPS) is 12.2. The molecule has 0 heterocycles. The molecule has 0 aliphatic rings. The van der Waals surface area contributed by atoms with Gasteiger partial charge in [-0.05, 0) is 37.5 Å². The topological polar surface area (TPSA) is 0 Å². The minimum atomic E-state index is 0.227. The Kier molecular flexibility index (Phi) is 2.55. The molecule has 0 amide bonds. The van der Waals surface area contributed by atoms with Crippen molar-refractivity contribution in [2.24, 2.45) is 0 Å². The van der Waals surface area contributed by atoms with Gasteiger partial charge in [0.15, 0.2) is 0 Å². The lowest BCUT2D eigenvalue weighted by atomic mass is 9.94. The molecule has 0 fully saturated rings. The molecule has 0 nitrogen and oxygen atoms in total. The number of hydrogen-bond donors (Lipinski definition) is 0. The molecule has 0 unspecified atom stereocenters. The van der Waals surface area contributed by atoms with E-state index in [1.54, 1.807) is 0 Å². The van der Waals surface area contributed by atoms with E-state index in [9.17, 15) is 0 Å². The van der Waals surface area contributed by atoms with Gasteiger partial charge in [-0.1, -0.05) is 24.1 Å². The van der Waals surface area contributed by atoms with Crippen molar-refractivity contribution in [2.75, 3.05) is 0 Å². The van der Waals surface area contributed by atoms with Crippen molar-refractivity contribution in [2.45, 2.75) is 26.7 Å². The van der Waals surface area contributed by atoms with E-state index in [0.717, 1.165) is 0 Å². The maximum absolute atomic E-state index is 5.37. The summed E-state index contributed by atoms with van der Waals surface area (Å²) in [4.78, 5) is 0. The van der Waals surface area contributed by atoms with Crippen molar-refractivity contribution in [3.8, 4) is 12.3 Å². The Morgan fingerprint density at radius 3 is 2.58 bits per heavy atom. The number of terminal acetylenes is 1. The van der Waals surface area contributed by atoms with Gasteiger partial charge < -0.3 is 0 Å². The Labute approximate surface area is 74.6 Å². The van der Waals surface area contributed by atoms with Gasteiger partial charge in [-0.2, -0.15) is 0 Å². The van der Waals surface area contributed by atoms with E-state index < -0.39 is 0 Å². The Morgan fingerprint density at radius 2 is 2.00 bits per heavy atom. The highest BCUT2D eigenvalue weighted by molar-refractivity contribution is 5.38. The summed E-state index contributed by atoms with van der Waals surface area (Å²) in [5.74, 6) is 2.98. The zero-order valence-electron chi connectivity index (χ0n) is 7.89. The standard InChI is InChI=1S/C12H14/c1-5-9(2)12-8-6-7-10(3)11(12)4/h1,6-9H,2-4H3/t9-/m1/s1. The second kappa shape index (κ2) is 3.45. The van der Waals surface area contributed by atoms with Crippen molar-refractivity contribution < 1.29 is 0 Å². The largest absolute Gasteiger partial charge is 0.119 e. The van der Waals surface area contributed by atoms with Crippen molar-refractivity contribution in [1.29, 1.82) is 0 Å². The highest BCUT2D eigenvalue weighted by Gasteiger charge is 2.05. The third-order valence-electron chi connectivity index (χ3n) is 2.36. The van der Waals surface area contributed by atoms with Gasteiger partial charge in [0.2, 0.25) is 0 Å². The van der Waals surface area contributed by atoms with Crippen LogP contribution in [0.5, 0.6) is 0 Å². The molecule has 0 saturated carbocycles. The summed E-state index contributed by atoms with van der Waals surface area (Å²) in [7, 11) is 0. The maximum Gasteiger partial charge on any atom is 0.0424 e. The molecule has 62 valence electrons. The summed E-state index contributed by atoms with van der Waals surface area (Å²) in [6, 6.07) is 6.28. The molecule has 1 aromatic carbocycles. The lowest BCUT2D eigenvalue weighted by Gasteiger charge is -2.10. The fraction of sp³-hybridized carbons (Fsp3) is 0.333. The number of benzene rings is 1. The van der Waals surface area contributed by atoms with Gasteiger partial charge in [0.1, 0.15) is 0 Å². The van der Waals surface area contributed by atoms with Gasteiger partial charge >= 0.3 is 0 Å². The highest BCUT2D eigenvalue weighted by atomic mass is 14.1. The number of rotatable bonds is 1. The summed E-state index contributed by atoms with van der Waals surface area (Å²) in [6.45, 7) is 6.29. The quantitative estimate of drug-likeness (QED) is 0.551. The van der Waals surface area contributed by atoms with Crippen LogP contribution >= 0.6 is 0 Å². The van der Waals surface area contributed by atoms with Crippen molar-refractivity contribution >= 4 is 0 Å². The van der Waals surface area contributed by atoms with Crippen molar-refractivity contribution in [3.05, 3.63) is 34.9 Å². The minimum absolute atomic E-state index is 0.227. The molecule has 0 bridgehead atoms. The van der Waals surface area contributed by atoms with Crippen LogP contribution in [0.3, 0.4) is 0 Å². The summed E-state index contributed by atoms with van der Waals surface area (Å²) in [5.41, 5.74) is 3.91.